The molecule has 0 saturated heterocycles. The van der Waals surface area contributed by atoms with E-state index in [1.54, 1.807) is 12.3 Å². The molecular formula is C9H14N4O2S. The number of carbonyl (C=O) groups is 1. The number of hydrogen-bond donors (Lipinski definition) is 2. The second kappa shape index (κ2) is 5.55. The van der Waals surface area contributed by atoms with E-state index in [2.05, 4.69) is 15.5 Å². The van der Waals surface area contributed by atoms with Gasteiger partial charge in [0.05, 0.1) is 0 Å². The minimum absolute atomic E-state index is 0.0274. The number of primary amides is 1. The van der Waals surface area contributed by atoms with Gasteiger partial charge in [-0.05, 0) is 19.1 Å². The summed E-state index contributed by atoms with van der Waals surface area (Å²) in [5.41, 5.74) is 5.15. The summed E-state index contributed by atoms with van der Waals surface area (Å²) in [5, 5.41) is 10.5. The number of amides is 1. The zero-order valence-corrected chi connectivity index (χ0v) is 9.95. The Hall–Kier alpha value is -1.50. The van der Waals surface area contributed by atoms with Crippen LogP contribution in [0.1, 0.15) is 17.4 Å². The highest BCUT2D eigenvalue weighted by atomic mass is 32.2. The minimum Gasteiger partial charge on any atom is -0.365 e. The molecule has 88 valence electrons. The summed E-state index contributed by atoms with van der Waals surface area (Å²) in [6, 6.07) is 3.13. The van der Waals surface area contributed by atoms with Crippen molar-refractivity contribution in [3.8, 4) is 0 Å². The van der Waals surface area contributed by atoms with Crippen molar-refractivity contribution in [2.45, 2.75) is 13.0 Å². The Morgan fingerprint density at radius 1 is 1.56 bits per heavy atom. The highest BCUT2D eigenvalue weighted by molar-refractivity contribution is 7.84. The molecule has 2 atom stereocenters. The van der Waals surface area contributed by atoms with Gasteiger partial charge in [-0.2, -0.15) is 0 Å². The molecule has 0 radical (unpaired) electrons. The normalized spacial score (nSPS) is 14.1. The lowest BCUT2D eigenvalue weighted by Gasteiger charge is -2.12. The Morgan fingerprint density at radius 3 is 2.69 bits per heavy atom. The molecule has 7 heteroatoms. The summed E-state index contributed by atoms with van der Waals surface area (Å²) in [4.78, 5) is 10.7. The molecule has 2 unspecified atom stereocenters. The third-order valence-corrected chi connectivity index (χ3v) is 2.77. The van der Waals surface area contributed by atoms with Gasteiger partial charge in [-0.15, -0.1) is 10.2 Å². The van der Waals surface area contributed by atoms with Crippen molar-refractivity contribution in [2.75, 3.05) is 17.3 Å². The fourth-order valence-electron chi connectivity index (χ4n) is 1.19. The van der Waals surface area contributed by atoms with Gasteiger partial charge in [0.25, 0.3) is 5.91 Å². The molecule has 1 amide bonds. The Labute approximate surface area is 96.1 Å². The zero-order valence-electron chi connectivity index (χ0n) is 9.14. The van der Waals surface area contributed by atoms with Gasteiger partial charge in [-0.3, -0.25) is 9.00 Å². The highest BCUT2D eigenvalue weighted by Crippen LogP contribution is 2.04. The quantitative estimate of drug-likeness (QED) is 0.742. The van der Waals surface area contributed by atoms with E-state index in [1.807, 2.05) is 6.92 Å². The summed E-state index contributed by atoms with van der Waals surface area (Å²) in [7, 11) is -0.866. The first-order valence-electron chi connectivity index (χ1n) is 4.69. The van der Waals surface area contributed by atoms with E-state index >= 15 is 0 Å². The SMILES string of the molecule is CC(CS(C)=O)Nc1ccc(C(N)=O)nn1. The number of aromatic nitrogens is 2. The molecule has 0 spiro atoms. The molecule has 6 nitrogen and oxygen atoms in total. The molecule has 0 aliphatic rings. The Morgan fingerprint density at radius 2 is 2.25 bits per heavy atom. The average Bonchev–Trinajstić information content (AvgIpc) is 2.16. The van der Waals surface area contributed by atoms with Crippen molar-refractivity contribution in [3.63, 3.8) is 0 Å². The van der Waals surface area contributed by atoms with Gasteiger partial charge < -0.3 is 11.1 Å². The lowest BCUT2D eigenvalue weighted by atomic mass is 10.3. The van der Waals surface area contributed by atoms with Crippen LogP contribution in [0.4, 0.5) is 5.82 Å². The lowest BCUT2D eigenvalue weighted by Crippen LogP contribution is -2.23. The number of nitrogens with two attached hydrogens (primary N) is 1. The highest BCUT2D eigenvalue weighted by Gasteiger charge is 2.07. The van der Waals surface area contributed by atoms with Gasteiger partial charge in [0, 0.05) is 28.9 Å². The van der Waals surface area contributed by atoms with E-state index in [9.17, 15) is 9.00 Å². The number of anilines is 1. The molecular weight excluding hydrogens is 228 g/mol. The van der Waals surface area contributed by atoms with Gasteiger partial charge in [0.15, 0.2) is 5.69 Å². The first-order valence-corrected chi connectivity index (χ1v) is 6.42. The number of nitrogens with one attached hydrogen (secondary N) is 1. The van der Waals surface area contributed by atoms with Crippen LogP contribution in [0, 0.1) is 0 Å². The van der Waals surface area contributed by atoms with E-state index < -0.39 is 16.7 Å². The van der Waals surface area contributed by atoms with E-state index in [1.165, 1.54) is 6.07 Å². The summed E-state index contributed by atoms with van der Waals surface area (Å²) in [5.74, 6) is 0.448. The molecule has 0 aliphatic carbocycles. The van der Waals surface area contributed by atoms with E-state index in [0.717, 1.165) is 0 Å². The molecule has 1 heterocycles. The molecule has 3 N–H and O–H groups in total. The van der Waals surface area contributed by atoms with Crippen LogP contribution in [-0.4, -0.2) is 38.4 Å². The molecule has 0 aromatic carbocycles. The van der Waals surface area contributed by atoms with Crippen molar-refractivity contribution < 1.29 is 9.00 Å². The third kappa shape index (κ3) is 3.93. The minimum atomic E-state index is -0.866. The standard InChI is InChI=1S/C9H14N4O2S/c1-6(5-16(2)15)11-8-4-3-7(9(10)14)12-13-8/h3-4,6H,5H2,1-2H3,(H2,10,14)(H,11,13). The number of nitrogens with zero attached hydrogens (tertiary/aromatic N) is 2. The number of hydrogen-bond acceptors (Lipinski definition) is 5. The first kappa shape index (κ1) is 12.6. The predicted octanol–water partition coefficient (Wildman–Crippen LogP) is -0.246. The van der Waals surface area contributed by atoms with Crippen LogP contribution in [0.25, 0.3) is 0 Å². The Kier molecular flexibility index (Phi) is 4.36. The topological polar surface area (TPSA) is 98.0 Å². The molecule has 0 fully saturated rings. The van der Waals surface area contributed by atoms with Crippen molar-refractivity contribution >= 4 is 22.5 Å². The van der Waals surface area contributed by atoms with Crippen LogP contribution >= 0.6 is 0 Å². The molecule has 1 aromatic rings. The van der Waals surface area contributed by atoms with Crippen molar-refractivity contribution in [1.82, 2.24) is 10.2 Å². The van der Waals surface area contributed by atoms with Crippen molar-refractivity contribution in [1.29, 1.82) is 0 Å². The van der Waals surface area contributed by atoms with E-state index in [-0.39, 0.29) is 11.7 Å². The maximum absolute atomic E-state index is 11.0. The maximum Gasteiger partial charge on any atom is 0.269 e. The summed E-state index contributed by atoms with van der Waals surface area (Å²) in [6.07, 6.45) is 1.64. The fraction of sp³-hybridized carbons (Fsp3) is 0.444. The van der Waals surface area contributed by atoms with Crippen molar-refractivity contribution in [3.05, 3.63) is 17.8 Å². The third-order valence-electron chi connectivity index (χ3n) is 1.80. The summed E-state index contributed by atoms with van der Waals surface area (Å²) >= 11 is 0. The predicted molar refractivity (Wildman–Crippen MR) is 62.6 cm³/mol. The van der Waals surface area contributed by atoms with Crippen LogP contribution in [0.2, 0.25) is 0 Å². The second-order valence-electron chi connectivity index (χ2n) is 3.45. The number of rotatable bonds is 5. The van der Waals surface area contributed by atoms with Crippen LogP contribution in [-0.2, 0) is 10.8 Å². The van der Waals surface area contributed by atoms with Gasteiger partial charge in [-0.25, -0.2) is 0 Å². The zero-order chi connectivity index (χ0) is 12.1. The van der Waals surface area contributed by atoms with Gasteiger partial charge in [-0.1, -0.05) is 0 Å². The van der Waals surface area contributed by atoms with Crippen LogP contribution in [0.15, 0.2) is 12.1 Å². The molecule has 0 saturated carbocycles. The van der Waals surface area contributed by atoms with E-state index in [4.69, 9.17) is 5.73 Å². The molecule has 0 aliphatic heterocycles. The van der Waals surface area contributed by atoms with Crippen molar-refractivity contribution in [2.24, 2.45) is 5.73 Å². The monoisotopic (exact) mass is 242 g/mol. The lowest BCUT2D eigenvalue weighted by molar-refractivity contribution is 0.0994. The first-order chi connectivity index (χ1) is 7.49. The summed E-state index contributed by atoms with van der Waals surface area (Å²) < 4.78 is 11.0. The Balaban J connectivity index is 2.61. The second-order valence-corrected chi connectivity index (χ2v) is 4.93. The number of carbonyl (C=O) groups excluding carboxylic acids is 1. The van der Waals surface area contributed by atoms with Gasteiger partial charge in [0.2, 0.25) is 0 Å². The van der Waals surface area contributed by atoms with Gasteiger partial charge >= 0.3 is 0 Å². The Bertz CT molecular complexity index is 393. The largest absolute Gasteiger partial charge is 0.365 e. The molecule has 1 aromatic heterocycles. The maximum atomic E-state index is 11.0. The fourth-order valence-corrected chi connectivity index (χ4v) is 1.97. The molecule has 1 rings (SSSR count). The molecule has 16 heavy (non-hydrogen) atoms. The molecule has 0 bridgehead atoms. The van der Waals surface area contributed by atoms with Crippen LogP contribution in [0.3, 0.4) is 0 Å². The van der Waals surface area contributed by atoms with Gasteiger partial charge in [0.1, 0.15) is 5.82 Å². The average molecular weight is 242 g/mol. The van der Waals surface area contributed by atoms with Crippen LogP contribution in [0.5, 0.6) is 0 Å². The van der Waals surface area contributed by atoms with E-state index in [0.29, 0.717) is 11.6 Å². The summed E-state index contributed by atoms with van der Waals surface area (Å²) in [6.45, 7) is 1.89. The smallest absolute Gasteiger partial charge is 0.269 e. The van der Waals surface area contributed by atoms with Crippen LogP contribution < -0.4 is 11.1 Å².